The van der Waals surface area contributed by atoms with Crippen molar-refractivity contribution in [2.75, 3.05) is 52.9 Å². The van der Waals surface area contributed by atoms with Crippen molar-refractivity contribution in [2.45, 2.75) is 25.7 Å². The largest absolute Gasteiger partial charge is 0.507 e. The minimum absolute atomic E-state index is 0.00206. The fourth-order valence-corrected chi connectivity index (χ4v) is 11.4. The number of ether oxygens (including phenoxy) is 6. The van der Waals surface area contributed by atoms with Gasteiger partial charge in [-0.1, -0.05) is 97.1 Å². The summed E-state index contributed by atoms with van der Waals surface area (Å²) >= 11 is 0. The lowest BCUT2D eigenvalue weighted by atomic mass is 9.91. The average Bonchev–Trinajstić information content (AvgIpc) is 0.819. The van der Waals surface area contributed by atoms with Gasteiger partial charge < -0.3 is 38.6 Å². The number of non-ortho nitro benzene ring substituents is 2. The van der Waals surface area contributed by atoms with E-state index in [0.29, 0.717) is 67.5 Å². The molecule has 0 radical (unpaired) electrons. The second kappa shape index (κ2) is 26.9. The van der Waals surface area contributed by atoms with Gasteiger partial charge in [-0.25, -0.2) is 0 Å². The zero-order chi connectivity index (χ0) is 63.8. The number of aromatic hydroxyl groups is 2. The third-order valence-electron chi connectivity index (χ3n) is 15.6. The number of para-hydroxylation sites is 2. The van der Waals surface area contributed by atoms with Crippen LogP contribution >= 0.6 is 0 Å². The lowest BCUT2D eigenvalue weighted by Crippen LogP contribution is -2.14. The number of phenols is 2. The number of fused-ring (bicyclic) bond motifs is 14. The van der Waals surface area contributed by atoms with Gasteiger partial charge in [0, 0.05) is 71.2 Å². The van der Waals surface area contributed by atoms with Crippen LogP contribution in [0.25, 0.3) is 32.7 Å². The van der Waals surface area contributed by atoms with Gasteiger partial charge in [0.2, 0.25) is 0 Å². The number of benzene rings is 10. The second-order valence-corrected chi connectivity index (χ2v) is 21.5. The molecule has 462 valence electrons. The van der Waals surface area contributed by atoms with Gasteiger partial charge in [0.1, 0.15) is 60.9 Å². The minimum Gasteiger partial charge on any atom is -0.507 e. The van der Waals surface area contributed by atoms with Gasteiger partial charge in [-0.05, 0) is 92.3 Å². The van der Waals surface area contributed by atoms with Crippen molar-refractivity contribution in [1.82, 2.24) is 0 Å². The first-order valence-corrected chi connectivity index (χ1v) is 29.1. The molecule has 0 atom stereocenters. The van der Waals surface area contributed by atoms with Crippen LogP contribution in [0, 0.1) is 40.5 Å². The third-order valence-corrected chi connectivity index (χ3v) is 15.6. The molecular formula is C68H54N8O16. The first-order valence-electron chi connectivity index (χ1n) is 29.1. The van der Waals surface area contributed by atoms with E-state index in [1.165, 1.54) is 0 Å². The molecule has 1 aliphatic carbocycles. The highest BCUT2D eigenvalue weighted by Gasteiger charge is 2.26. The van der Waals surface area contributed by atoms with E-state index in [2.05, 4.69) is 32.6 Å². The summed E-state index contributed by atoms with van der Waals surface area (Å²) in [6, 6.07) is 47.2. The Morgan fingerprint density at radius 2 is 0.707 bits per heavy atom. The van der Waals surface area contributed by atoms with Gasteiger partial charge in [-0.2, -0.15) is 10.2 Å². The van der Waals surface area contributed by atoms with E-state index in [1.807, 2.05) is 60.7 Å². The zero-order valence-corrected chi connectivity index (χ0v) is 48.8. The Kier molecular flexibility index (Phi) is 17.7. The molecule has 0 saturated carbocycles. The van der Waals surface area contributed by atoms with E-state index in [0.717, 1.165) is 69.1 Å². The van der Waals surface area contributed by atoms with Gasteiger partial charge >= 0.3 is 11.4 Å². The van der Waals surface area contributed by atoms with Gasteiger partial charge in [0.05, 0.1) is 69.6 Å². The Hall–Kier alpha value is -11.8. The van der Waals surface area contributed by atoms with E-state index < -0.39 is 42.4 Å². The highest BCUT2D eigenvalue weighted by molar-refractivity contribution is 6.09. The molecular weight excluding hydrogens is 1180 g/mol. The molecule has 0 amide bonds. The fraction of sp³-hybridized carbons (Fsp3) is 0.176. The smallest absolute Gasteiger partial charge is 0.303 e. The Morgan fingerprint density at radius 3 is 1.07 bits per heavy atom. The van der Waals surface area contributed by atoms with Crippen molar-refractivity contribution in [1.29, 1.82) is 0 Å². The van der Waals surface area contributed by atoms with E-state index in [1.54, 1.807) is 60.7 Å². The predicted octanol–water partition coefficient (Wildman–Crippen LogP) is 15.5. The topological polar surface area (TPSA) is 318 Å². The quantitative estimate of drug-likeness (QED) is 0.0618. The number of hydrogen-bond acceptors (Lipinski definition) is 20. The number of nitro groups is 4. The molecule has 13 rings (SSSR count). The van der Waals surface area contributed by atoms with Crippen LogP contribution in [0.3, 0.4) is 0 Å². The van der Waals surface area contributed by atoms with Crippen molar-refractivity contribution in [3.05, 3.63) is 255 Å². The highest BCUT2D eigenvalue weighted by Crippen LogP contribution is 2.47. The Morgan fingerprint density at radius 1 is 0.348 bits per heavy atom. The van der Waals surface area contributed by atoms with Crippen molar-refractivity contribution >= 4 is 67.0 Å². The summed E-state index contributed by atoms with van der Waals surface area (Å²) in [4.78, 5) is 44.5. The lowest BCUT2D eigenvalue weighted by Gasteiger charge is -2.21. The molecule has 0 aromatic heterocycles. The summed E-state index contributed by atoms with van der Waals surface area (Å²) in [5.74, 6) is 1.70. The molecule has 24 heteroatoms. The molecule has 0 saturated heterocycles. The van der Waals surface area contributed by atoms with Crippen molar-refractivity contribution in [3.8, 4) is 45.6 Å². The van der Waals surface area contributed by atoms with E-state index in [-0.39, 0.29) is 113 Å². The van der Waals surface area contributed by atoms with Crippen LogP contribution in [0.4, 0.5) is 45.5 Å². The molecule has 2 N–H and O–H groups in total. The summed E-state index contributed by atoms with van der Waals surface area (Å²) in [6.07, 6.45) is -0.0230. The van der Waals surface area contributed by atoms with Crippen LogP contribution < -0.4 is 18.9 Å². The highest BCUT2D eigenvalue weighted by atomic mass is 16.6. The monoisotopic (exact) mass is 1240 g/mol. The number of nitrogens with zero attached hydrogens (tertiary/aromatic N) is 8. The van der Waals surface area contributed by atoms with Crippen LogP contribution in [0.5, 0.6) is 34.5 Å². The summed E-state index contributed by atoms with van der Waals surface area (Å²) in [6.45, 7) is 0.750. The molecule has 2 aliphatic heterocycles. The first kappa shape index (κ1) is 60.5. The van der Waals surface area contributed by atoms with E-state index >= 15 is 0 Å². The molecule has 2 heterocycles. The Labute approximate surface area is 522 Å². The minimum atomic E-state index is -0.790. The number of nitro benzene ring substituents is 4. The molecule has 3 aliphatic rings. The average molecular weight is 1240 g/mol. The maximum absolute atomic E-state index is 12.5. The fourth-order valence-electron chi connectivity index (χ4n) is 11.4. The number of rotatable bonds is 8. The molecule has 0 spiro atoms. The SMILES string of the molecule is O=[N+]([O-])c1ccc(N=Nc2cc3c(O)c(c2)Cc2cccc4c2OCCOCCOc2ccc5ccccc5c2-c2c(ccc5ccccc25)OCCOCCOc2c(cccc2Cc2cc(N=Nc5ccc([N+](=O)[O-])cc5[N+](=O)[O-])cc(c2O)C4)C3)c([N+](=O)[O-])c1. The Balaban J connectivity index is 0.977. The summed E-state index contributed by atoms with van der Waals surface area (Å²) in [7, 11) is 0. The lowest BCUT2D eigenvalue weighted by molar-refractivity contribution is -0.394. The van der Waals surface area contributed by atoms with Crippen LogP contribution in [0.15, 0.2) is 190 Å². The summed E-state index contributed by atoms with van der Waals surface area (Å²) < 4.78 is 39.1. The summed E-state index contributed by atoms with van der Waals surface area (Å²) in [5.41, 5.74) is 2.77. The van der Waals surface area contributed by atoms with Crippen LogP contribution in [0.1, 0.15) is 44.5 Å². The van der Waals surface area contributed by atoms with Gasteiger partial charge in [-0.3, -0.25) is 40.5 Å². The third kappa shape index (κ3) is 13.2. The zero-order valence-electron chi connectivity index (χ0n) is 48.8. The van der Waals surface area contributed by atoms with Crippen molar-refractivity contribution in [3.63, 3.8) is 0 Å². The van der Waals surface area contributed by atoms with Crippen LogP contribution in [0.2, 0.25) is 0 Å². The number of hydrogen-bond donors (Lipinski definition) is 2. The van der Waals surface area contributed by atoms with E-state index in [4.69, 9.17) is 28.4 Å². The predicted molar refractivity (Wildman–Crippen MR) is 339 cm³/mol. The number of azo groups is 2. The van der Waals surface area contributed by atoms with Crippen molar-refractivity contribution in [2.24, 2.45) is 20.5 Å². The molecule has 0 unspecified atom stereocenters. The molecule has 10 aromatic carbocycles. The normalized spacial score (nSPS) is 14.0. The maximum Gasteiger partial charge on any atom is 0.303 e. The first-order chi connectivity index (χ1) is 44.7. The molecule has 92 heavy (non-hydrogen) atoms. The van der Waals surface area contributed by atoms with E-state index in [9.17, 15) is 50.7 Å². The van der Waals surface area contributed by atoms with Crippen LogP contribution in [-0.4, -0.2) is 82.8 Å². The van der Waals surface area contributed by atoms with Crippen molar-refractivity contribution < 1.29 is 58.3 Å². The maximum atomic E-state index is 12.5. The van der Waals surface area contributed by atoms with Gasteiger partial charge in [0.25, 0.3) is 11.4 Å². The molecule has 10 aromatic rings. The summed E-state index contributed by atoms with van der Waals surface area (Å²) in [5, 5.41) is 93.7. The molecule has 24 nitrogen and oxygen atoms in total. The van der Waals surface area contributed by atoms with Gasteiger partial charge in [-0.15, -0.1) is 10.2 Å². The van der Waals surface area contributed by atoms with Crippen LogP contribution in [-0.2, 0) is 35.2 Å². The molecule has 0 fully saturated rings. The standard InChI is InChI=1S/C68H54N8O16/c77-65-47-31-43-9-5-10-44-32-48-36-52(70-72-58-20-18-54(74(81)82)40-60(58)76(85)86)38-50(66(48)78)34-46-12-6-11-45(33-49(65)37-51(35-47)69-71-57-19-17-53(73(79)80)39-59(57)75(83)84)68(46)92-30-26-88-24-28-90-62-22-16-42-8-2-4-14-56(42)64(62)63-55-13-3-1-7-41(55)15-21-61(63)89-27-23-87-25-29-91-67(43)44/h1-22,35-40,77-78H,23-34H2. The number of phenolic OH excluding ortho intramolecular Hbond substituents is 2. The second-order valence-electron chi connectivity index (χ2n) is 21.5. The molecule has 10 bridgehead atoms. The Bertz CT molecular complexity index is 4250. The van der Waals surface area contributed by atoms with Gasteiger partial charge in [0.15, 0.2) is 11.4 Å².